The van der Waals surface area contributed by atoms with Crippen LogP contribution in [0, 0.1) is 11.3 Å². The molecule has 1 fully saturated rings. The fourth-order valence-corrected chi connectivity index (χ4v) is 7.27. The maximum absolute atomic E-state index is 13.0. The van der Waals surface area contributed by atoms with Gasteiger partial charge in [0, 0.05) is 29.0 Å². The Kier molecular flexibility index (Phi) is 5.64. The van der Waals surface area contributed by atoms with Crippen LogP contribution in [0.2, 0.25) is 0 Å². The van der Waals surface area contributed by atoms with Crippen molar-refractivity contribution in [2.75, 3.05) is 16.8 Å². The fraction of sp³-hybridized carbons (Fsp3) is 0.545. The Morgan fingerprint density at radius 1 is 1.33 bits per heavy atom. The van der Waals surface area contributed by atoms with Crippen LogP contribution < -0.4 is 5.32 Å². The number of thiazole rings is 1. The number of nitrogens with one attached hydrogen (secondary N) is 2. The molecule has 1 aliphatic carbocycles. The lowest BCUT2D eigenvalue weighted by atomic mass is 9.76. The SMILES string of the molecule is CC1(C)CCc2c(C(=O)Nc3cnn(C(c4nccs4)C4CCS(=O)(=O)CC4)c3)n[nH]c2C1. The molecule has 1 amide bonds. The van der Waals surface area contributed by atoms with Gasteiger partial charge in [0.2, 0.25) is 0 Å². The standard InChI is InChI=1S/C22H28N6O3S2/c1-22(2)6-3-16-17(11-22)26-27-18(16)20(29)25-15-12-24-28(13-15)19(21-23-7-8-32-21)14-4-9-33(30,31)10-5-14/h7-8,12-14,19H,3-6,9-11H2,1-2H3,(H,25,29)(H,26,27). The van der Waals surface area contributed by atoms with Crippen molar-refractivity contribution < 1.29 is 13.2 Å². The van der Waals surface area contributed by atoms with Crippen molar-refractivity contribution in [3.05, 3.63) is 45.9 Å². The Balaban J connectivity index is 1.35. The minimum atomic E-state index is -2.96. The number of H-pyrrole nitrogens is 1. The van der Waals surface area contributed by atoms with Gasteiger partial charge in [0.1, 0.15) is 20.9 Å². The van der Waals surface area contributed by atoms with Gasteiger partial charge >= 0.3 is 0 Å². The third-order valence-electron chi connectivity index (χ3n) is 6.77. The maximum atomic E-state index is 13.0. The van der Waals surface area contributed by atoms with Gasteiger partial charge in [-0.15, -0.1) is 11.3 Å². The summed E-state index contributed by atoms with van der Waals surface area (Å²) in [6, 6.07) is -0.161. The lowest BCUT2D eigenvalue weighted by Crippen LogP contribution is -2.30. The number of aromatic amines is 1. The molecule has 9 nitrogen and oxygen atoms in total. The highest BCUT2D eigenvalue weighted by Gasteiger charge is 2.34. The maximum Gasteiger partial charge on any atom is 0.276 e. The average Bonchev–Trinajstić information content (AvgIpc) is 3.50. The first kappa shape index (κ1) is 22.3. The number of carbonyl (C=O) groups is 1. The molecule has 2 N–H and O–H groups in total. The smallest absolute Gasteiger partial charge is 0.276 e. The van der Waals surface area contributed by atoms with Crippen LogP contribution in [-0.4, -0.2) is 50.8 Å². The molecule has 3 aromatic heterocycles. The summed E-state index contributed by atoms with van der Waals surface area (Å²) < 4.78 is 25.7. The second-order valence-corrected chi connectivity index (χ2v) is 13.1. The molecule has 5 rings (SSSR count). The van der Waals surface area contributed by atoms with Gasteiger partial charge in [-0.25, -0.2) is 13.4 Å². The van der Waals surface area contributed by atoms with Gasteiger partial charge in [0.05, 0.1) is 23.4 Å². The fourth-order valence-electron chi connectivity index (χ4n) is 4.92. The summed E-state index contributed by atoms with van der Waals surface area (Å²) in [5.41, 5.74) is 3.28. The molecule has 1 saturated heterocycles. The Morgan fingerprint density at radius 2 is 2.12 bits per heavy atom. The number of fused-ring (bicyclic) bond motifs is 1. The van der Waals surface area contributed by atoms with E-state index in [4.69, 9.17) is 0 Å². The zero-order valence-corrected chi connectivity index (χ0v) is 20.4. The highest BCUT2D eigenvalue weighted by Crippen LogP contribution is 2.37. The van der Waals surface area contributed by atoms with Gasteiger partial charge in [-0.05, 0) is 43.4 Å². The first-order chi connectivity index (χ1) is 15.7. The highest BCUT2D eigenvalue weighted by molar-refractivity contribution is 7.91. The number of aromatic nitrogens is 5. The van der Waals surface area contributed by atoms with Gasteiger partial charge in [0.25, 0.3) is 5.91 Å². The van der Waals surface area contributed by atoms with E-state index in [1.165, 1.54) is 11.3 Å². The number of carbonyl (C=O) groups excluding carboxylic acids is 1. The molecule has 2 aliphatic rings. The molecule has 0 spiro atoms. The monoisotopic (exact) mass is 488 g/mol. The van der Waals surface area contributed by atoms with Crippen LogP contribution in [0.15, 0.2) is 24.0 Å². The van der Waals surface area contributed by atoms with Crippen LogP contribution in [0.25, 0.3) is 0 Å². The third-order valence-corrected chi connectivity index (χ3v) is 9.33. The third kappa shape index (κ3) is 4.61. The van der Waals surface area contributed by atoms with Gasteiger partial charge < -0.3 is 5.32 Å². The Hall–Kier alpha value is -2.53. The summed E-state index contributed by atoms with van der Waals surface area (Å²) >= 11 is 1.53. The second-order valence-electron chi connectivity index (χ2n) is 9.84. The number of hydrogen-bond acceptors (Lipinski definition) is 7. The number of rotatable bonds is 5. The summed E-state index contributed by atoms with van der Waals surface area (Å²) in [5.74, 6) is 0.239. The average molecular weight is 489 g/mol. The molecule has 11 heteroatoms. The van der Waals surface area contributed by atoms with Crippen molar-refractivity contribution in [2.24, 2.45) is 11.3 Å². The first-order valence-electron chi connectivity index (χ1n) is 11.2. The minimum absolute atomic E-state index is 0.116. The van der Waals surface area contributed by atoms with Gasteiger partial charge in [-0.2, -0.15) is 10.2 Å². The van der Waals surface area contributed by atoms with E-state index < -0.39 is 9.84 Å². The first-order valence-corrected chi connectivity index (χ1v) is 13.9. The van der Waals surface area contributed by atoms with Crippen molar-refractivity contribution in [3.63, 3.8) is 0 Å². The van der Waals surface area contributed by atoms with Crippen molar-refractivity contribution >= 4 is 32.8 Å². The number of anilines is 1. The molecule has 4 heterocycles. The lowest BCUT2D eigenvalue weighted by molar-refractivity contribution is 0.102. The van der Waals surface area contributed by atoms with Crippen molar-refractivity contribution in [1.82, 2.24) is 25.0 Å². The van der Waals surface area contributed by atoms with Crippen LogP contribution in [0.1, 0.15) is 65.9 Å². The minimum Gasteiger partial charge on any atom is -0.318 e. The molecular weight excluding hydrogens is 460 g/mol. The molecule has 0 bridgehead atoms. The zero-order chi connectivity index (χ0) is 23.2. The molecule has 176 valence electrons. The van der Waals surface area contributed by atoms with Crippen LogP contribution in [0.4, 0.5) is 5.69 Å². The van der Waals surface area contributed by atoms with E-state index in [9.17, 15) is 13.2 Å². The normalized spacial score (nSPS) is 20.8. The molecule has 0 radical (unpaired) electrons. The number of sulfone groups is 1. The Morgan fingerprint density at radius 3 is 2.85 bits per heavy atom. The summed E-state index contributed by atoms with van der Waals surface area (Å²) in [7, 11) is -2.96. The highest BCUT2D eigenvalue weighted by atomic mass is 32.2. The van der Waals surface area contributed by atoms with E-state index in [0.717, 1.165) is 35.5 Å². The van der Waals surface area contributed by atoms with E-state index in [1.807, 2.05) is 5.38 Å². The predicted molar refractivity (Wildman–Crippen MR) is 126 cm³/mol. The Labute approximate surface area is 196 Å². The summed E-state index contributed by atoms with van der Waals surface area (Å²) in [6.07, 6.45) is 9.05. The molecular formula is C22H28N6O3S2. The summed E-state index contributed by atoms with van der Waals surface area (Å²) in [4.78, 5) is 17.5. The topological polar surface area (TPSA) is 123 Å². The van der Waals surface area contributed by atoms with Crippen LogP contribution >= 0.6 is 11.3 Å². The molecule has 1 unspecified atom stereocenters. The lowest BCUT2D eigenvalue weighted by Gasteiger charge is -2.29. The Bertz CT molecular complexity index is 1250. The summed E-state index contributed by atoms with van der Waals surface area (Å²) in [6.45, 7) is 4.46. The van der Waals surface area contributed by atoms with E-state index in [2.05, 4.69) is 39.4 Å². The van der Waals surface area contributed by atoms with Crippen LogP contribution in [0.5, 0.6) is 0 Å². The molecule has 0 aromatic carbocycles. The van der Waals surface area contributed by atoms with E-state index in [0.29, 0.717) is 24.2 Å². The number of hydrogen-bond donors (Lipinski definition) is 2. The van der Waals surface area contributed by atoms with E-state index in [-0.39, 0.29) is 34.8 Å². The zero-order valence-electron chi connectivity index (χ0n) is 18.7. The summed E-state index contributed by atoms with van der Waals surface area (Å²) in [5, 5.41) is 17.6. The van der Waals surface area contributed by atoms with E-state index >= 15 is 0 Å². The largest absolute Gasteiger partial charge is 0.318 e. The van der Waals surface area contributed by atoms with Gasteiger partial charge in [-0.1, -0.05) is 13.8 Å². The second kappa shape index (κ2) is 8.35. The molecule has 33 heavy (non-hydrogen) atoms. The molecule has 1 aliphatic heterocycles. The molecule has 3 aromatic rings. The predicted octanol–water partition coefficient (Wildman–Crippen LogP) is 3.24. The number of amides is 1. The van der Waals surface area contributed by atoms with Crippen LogP contribution in [-0.2, 0) is 22.7 Å². The number of nitrogens with zero attached hydrogens (tertiary/aromatic N) is 4. The quantitative estimate of drug-likeness (QED) is 0.568. The van der Waals surface area contributed by atoms with Gasteiger partial charge in [-0.3, -0.25) is 14.6 Å². The van der Waals surface area contributed by atoms with Crippen molar-refractivity contribution in [2.45, 2.75) is 52.0 Å². The van der Waals surface area contributed by atoms with Gasteiger partial charge in [0.15, 0.2) is 5.69 Å². The van der Waals surface area contributed by atoms with E-state index in [1.54, 1.807) is 23.3 Å². The van der Waals surface area contributed by atoms with Crippen LogP contribution in [0.3, 0.4) is 0 Å². The molecule has 1 atom stereocenters. The van der Waals surface area contributed by atoms with Crippen molar-refractivity contribution in [1.29, 1.82) is 0 Å². The molecule has 0 saturated carbocycles. The van der Waals surface area contributed by atoms with Crippen molar-refractivity contribution in [3.8, 4) is 0 Å².